The molecule has 2 aromatic carbocycles. The molecular weight excluding hydrogens is 558 g/mol. The average molecular weight is 586 g/mol. The summed E-state index contributed by atoms with van der Waals surface area (Å²) in [6.07, 6.45) is -2.15. The molecule has 5 rings (SSSR count). The number of carbonyl (C=O) groups is 1. The van der Waals surface area contributed by atoms with Crippen LogP contribution in [-0.4, -0.2) is 74.9 Å². The van der Waals surface area contributed by atoms with Crippen molar-refractivity contribution in [3.8, 4) is 5.82 Å². The van der Waals surface area contributed by atoms with Crippen LogP contribution in [0.15, 0.2) is 55.1 Å². The molecule has 1 amide bonds. The Labute approximate surface area is 237 Å². The maximum absolute atomic E-state index is 13.6. The molecule has 0 radical (unpaired) electrons. The summed E-state index contributed by atoms with van der Waals surface area (Å²) in [6.45, 7) is 6.56. The van der Waals surface area contributed by atoms with Gasteiger partial charge in [0.15, 0.2) is 5.82 Å². The maximum atomic E-state index is 13.6. The summed E-state index contributed by atoms with van der Waals surface area (Å²) < 4.78 is 59.7. The Morgan fingerprint density at radius 2 is 1.83 bits per heavy atom. The van der Waals surface area contributed by atoms with Crippen LogP contribution in [0.4, 0.5) is 40.7 Å². The fourth-order valence-corrected chi connectivity index (χ4v) is 4.26. The number of alkyl halides is 3. The number of nitrogens with one attached hydrogen (secondary N) is 3. The molecule has 0 atom stereocenters. The van der Waals surface area contributed by atoms with Gasteiger partial charge in [0.25, 0.3) is 5.91 Å². The van der Waals surface area contributed by atoms with E-state index >= 15 is 0 Å². The molecule has 3 N–H and O–H groups in total. The Bertz CT molecular complexity index is 1550. The number of aromatic nitrogens is 5. The van der Waals surface area contributed by atoms with Gasteiger partial charge >= 0.3 is 6.18 Å². The van der Waals surface area contributed by atoms with E-state index < -0.39 is 23.5 Å². The molecule has 0 unspecified atom stereocenters. The summed E-state index contributed by atoms with van der Waals surface area (Å²) in [7, 11) is 0. The Morgan fingerprint density at radius 3 is 2.62 bits per heavy atom. The lowest BCUT2D eigenvalue weighted by atomic mass is 10.1. The van der Waals surface area contributed by atoms with E-state index in [0.717, 1.165) is 44.5 Å². The molecule has 4 aromatic rings. The van der Waals surface area contributed by atoms with Crippen LogP contribution < -0.4 is 16.0 Å². The summed E-state index contributed by atoms with van der Waals surface area (Å²) in [5, 5.41) is 13.1. The minimum Gasteiger partial charge on any atom is -0.379 e. The van der Waals surface area contributed by atoms with Gasteiger partial charge in [-0.2, -0.15) is 27.9 Å². The number of anilines is 4. The second-order valence-electron chi connectivity index (χ2n) is 9.44. The van der Waals surface area contributed by atoms with Crippen LogP contribution in [-0.2, 0) is 10.9 Å². The maximum Gasteiger partial charge on any atom is 0.419 e. The quantitative estimate of drug-likeness (QED) is 0.247. The highest BCUT2D eigenvalue weighted by Crippen LogP contribution is 2.33. The normalized spacial score (nSPS) is 14.0. The van der Waals surface area contributed by atoms with Crippen LogP contribution in [0.2, 0.25) is 0 Å². The first-order valence-electron chi connectivity index (χ1n) is 13.0. The van der Waals surface area contributed by atoms with Crippen molar-refractivity contribution < 1.29 is 27.1 Å². The Morgan fingerprint density at radius 1 is 1.02 bits per heavy atom. The minimum absolute atomic E-state index is 0.154. The largest absolute Gasteiger partial charge is 0.419 e. The molecule has 15 heteroatoms. The van der Waals surface area contributed by atoms with E-state index in [0.29, 0.717) is 41.9 Å². The predicted octanol–water partition coefficient (Wildman–Crippen LogP) is 4.26. The molecule has 1 fully saturated rings. The molecule has 1 aliphatic heterocycles. The van der Waals surface area contributed by atoms with Gasteiger partial charge in [-0.1, -0.05) is 6.07 Å². The van der Waals surface area contributed by atoms with Gasteiger partial charge in [0.05, 0.1) is 18.8 Å². The molecule has 42 heavy (non-hydrogen) atoms. The van der Waals surface area contributed by atoms with Gasteiger partial charge in [0.2, 0.25) is 5.95 Å². The highest BCUT2D eigenvalue weighted by atomic mass is 19.4. The number of morpholine rings is 1. The highest BCUT2D eigenvalue weighted by Gasteiger charge is 2.34. The van der Waals surface area contributed by atoms with E-state index in [1.54, 1.807) is 12.1 Å². The zero-order valence-electron chi connectivity index (χ0n) is 22.5. The number of ether oxygens (including phenoxy) is 1. The molecule has 0 bridgehead atoms. The van der Waals surface area contributed by atoms with Crippen molar-refractivity contribution in [2.24, 2.45) is 0 Å². The molecule has 2 aromatic heterocycles. The molecule has 220 valence electrons. The number of aryl methyl sites for hydroxylation is 1. The van der Waals surface area contributed by atoms with Gasteiger partial charge in [0.1, 0.15) is 24.3 Å². The number of carbonyl (C=O) groups excluding carboxylic acids is 1. The Kier molecular flexibility index (Phi) is 8.59. The van der Waals surface area contributed by atoms with Gasteiger partial charge < -0.3 is 20.7 Å². The van der Waals surface area contributed by atoms with E-state index in [1.807, 2.05) is 6.92 Å². The van der Waals surface area contributed by atoms with Crippen LogP contribution in [0.3, 0.4) is 0 Å². The molecule has 1 aliphatic rings. The number of benzene rings is 2. The molecule has 11 nitrogen and oxygen atoms in total. The number of hydrogen-bond acceptors (Lipinski definition) is 9. The van der Waals surface area contributed by atoms with Crippen LogP contribution in [0, 0.1) is 12.7 Å². The molecular formula is C27H27F4N9O2. The van der Waals surface area contributed by atoms with Crippen LogP contribution in [0.1, 0.15) is 21.5 Å². The highest BCUT2D eigenvalue weighted by molar-refractivity contribution is 6.05. The van der Waals surface area contributed by atoms with Crippen molar-refractivity contribution in [3.05, 3.63) is 77.6 Å². The fraction of sp³-hybridized carbons (Fsp3) is 0.296. The van der Waals surface area contributed by atoms with Crippen molar-refractivity contribution in [1.29, 1.82) is 0 Å². The first-order chi connectivity index (χ1) is 20.2. The Balaban J connectivity index is 1.28. The molecule has 3 heterocycles. The zero-order valence-corrected chi connectivity index (χ0v) is 22.5. The average Bonchev–Trinajstić information content (AvgIpc) is 3.43. The topological polar surface area (TPSA) is 122 Å². The summed E-state index contributed by atoms with van der Waals surface area (Å²) in [6, 6.07) is 8.72. The third kappa shape index (κ3) is 6.98. The van der Waals surface area contributed by atoms with Gasteiger partial charge in [-0.05, 0) is 42.8 Å². The van der Waals surface area contributed by atoms with E-state index in [4.69, 9.17) is 4.74 Å². The first kappa shape index (κ1) is 28.9. The fourth-order valence-electron chi connectivity index (χ4n) is 4.26. The smallest absolute Gasteiger partial charge is 0.379 e. The summed E-state index contributed by atoms with van der Waals surface area (Å²) in [4.78, 5) is 28.0. The summed E-state index contributed by atoms with van der Waals surface area (Å²) in [5.74, 6) is -0.739. The lowest BCUT2D eigenvalue weighted by molar-refractivity contribution is -0.139. The molecule has 0 aliphatic carbocycles. The van der Waals surface area contributed by atoms with Gasteiger partial charge in [-0.25, -0.2) is 14.4 Å². The standard InChI is InChI=1S/C27H27F4N9O2/c1-17-2-3-18(25(41)37-19-4-5-21(28)20(13-19)27(29,30)31)12-22(17)38-26-35-16-36-40(26)24-14-23(33-15-34-24)32-6-7-39-8-10-42-11-9-39/h2-5,12-16H,6-11H2,1H3,(H,37,41)(H,32,33,34)(H,35,36,38). The van der Waals surface area contributed by atoms with E-state index in [9.17, 15) is 22.4 Å². The molecule has 0 spiro atoms. The number of hydrogen-bond donors (Lipinski definition) is 3. The second-order valence-corrected chi connectivity index (χ2v) is 9.44. The minimum atomic E-state index is -4.90. The number of nitrogens with zero attached hydrogens (tertiary/aromatic N) is 6. The molecule has 0 saturated carbocycles. The van der Waals surface area contributed by atoms with Crippen molar-refractivity contribution in [2.75, 3.05) is 55.3 Å². The van der Waals surface area contributed by atoms with E-state index in [-0.39, 0.29) is 11.3 Å². The number of rotatable bonds is 9. The van der Waals surface area contributed by atoms with Gasteiger partial charge in [0, 0.05) is 49.2 Å². The summed E-state index contributed by atoms with van der Waals surface area (Å²) in [5.41, 5.74) is -0.242. The molecule has 1 saturated heterocycles. The van der Waals surface area contributed by atoms with Crippen molar-refractivity contribution in [3.63, 3.8) is 0 Å². The number of halogens is 4. The lowest BCUT2D eigenvalue weighted by Gasteiger charge is -2.26. The second kappa shape index (κ2) is 12.5. The van der Waals surface area contributed by atoms with E-state index in [1.165, 1.54) is 29.5 Å². The van der Waals surface area contributed by atoms with Gasteiger partial charge in [-0.3, -0.25) is 9.69 Å². The van der Waals surface area contributed by atoms with Crippen molar-refractivity contribution in [1.82, 2.24) is 29.6 Å². The van der Waals surface area contributed by atoms with Crippen LogP contribution >= 0.6 is 0 Å². The zero-order chi connectivity index (χ0) is 29.7. The monoisotopic (exact) mass is 585 g/mol. The van der Waals surface area contributed by atoms with Gasteiger partial charge in [-0.15, -0.1) is 0 Å². The lowest BCUT2D eigenvalue weighted by Crippen LogP contribution is -2.39. The van der Waals surface area contributed by atoms with Crippen molar-refractivity contribution >= 4 is 29.0 Å². The third-order valence-electron chi connectivity index (χ3n) is 6.53. The third-order valence-corrected chi connectivity index (χ3v) is 6.53. The predicted molar refractivity (Wildman–Crippen MR) is 147 cm³/mol. The van der Waals surface area contributed by atoms with E-state index in [2.05, 4.69) is 40.9 Å². The Hall–Kier alpha value is -4.63. The van der Waals surface area contributed by atoms with Crippen LogP contribution in [0.25, 0.3) is 5.82 Å². The SMILES string of the molecule is Cc1ccc(C(=O)Nc2ccc(F)c(C(F)(F)F)c2)cc1Nc1ncnn1-c1cc(NCCN2CCOCC2)ncn1. The van der Waals surface area contributed by atoms with Crippen molar-refractivity contribution in [2.45, 2.75) is 13.1 Å². The summed E-state index contributed by atoms with van der Waals surface area (Å²) >= 11 is 0. The van der Waals surface area contributed by atoms with Crippen LogP contribution in [0.5, 0.6) is 0 Å². The number of amides is 1. The first-order valence-corrected chi connectivity index (χ1v) is 13.0.